The number of amides is 1. The Labute approximate surface area is 168 Å². The van der Waals surface area contributed by atoms with Gasteiger partial charge in [0.05, 0.1) is 10.7 Å². The van der Waals surface area contributed by atoms with E-state index in [-0.39, 0.29) is 17.5 Å². The molecular weight excluding hydrogens is 358 g/mol. The number of para-hydroxylation sites is 1. The van der Waals surface area contributed by atoms with Gasteiger partial charge in [-0.1, -0.05) is 81.5 Å². The lowest BCUT2D eigenvalue weighted by Gasteiger charge is -2.19. The van der Waals surface area contributed by atoms with Crippen LogP contribution in [0.3, 0.4) is 0 Å². The third-order valence-corrected chi connectivity index (χ3v) is 5.38. The maximum Gasteiger partial charge on any atom is 0.263 e. The Balaban J connectivity index is 1.93. The molecule has 5 heteroatoms. The maximum atomic E-state index is 12.5. The summed E-state index contributed by atoms with van der Waals surface area (Å²) in [6.45, 7) is 0. The van der Waals surface area contributed by atoms with Gasteiger partial charge in [0.15, 0.2) is 0 Å². The van der Waals surface area contributed by atoms with Gasteiger partial charge >= 0.3 is 0 Å². The van der Waals surface area contributed by atoms with E-state index in [2.05, 4.69) is 10.6 Å². The van der Waals surface area contributed by atoms with Crippen LogP contribution in [0.2, 0.25) is 5.02 Å². The molecule has 0 unspecified atom stereocenters. The first-order chi connectivity index (χ1) is 13.2. The summed E-state index contributed by atoms with van der Waals surface area (Å²) in [6.07, 6.45) is 14.7. The van der Waals surface area contributed by atoms with E-state index >= 15 is 0 Å². The van der Waals surface area contributed by atoms with E-state index in [0.717, 1.165) is 25.7 Å². The summed E-state index contributed by atoms with van der Waals surface area (Å²) >= 11 is 6.10. The topological polar surface area (TPSA) is 64.9 Å². The van der Waals surface area contributed by atoms with Crippen molar-refractivity contribution in [2.24, 2.45) is 0 Å². The van der Waals surface area contributed by atoms with Gasteiger partial charge in [0.2, 0.25) is 0 Å². The van der Waals surface area contributed by atoms with E-state index in [1.165, 1.54) is 51.1 Å². The molecule has 4 nitrogen and oxygen atoms in total. The van der Waals surface area contributed by atoms with Crippen LogP contribution in [0.15, 0.2) is 36.0 Å². The van der Waals surface area contributed by atoms with E-state index in [0.29, 0.717) is 10.7 Å². The largest absolute Gasteiger partial charge is 0.359 e. The molecule has 2 rings (SSSR count). The van der Waals surface area contributed by atoms with E-state index in [4.69, 9.17) is 11.6 Å². The first-order valence-corrected chi connectivity index (χ1v) is 10.5. The van der Waals surface area contributed by atoms with Gasteiger partial charge in [0.25, 0.3) is 5.91 Å². The molecule has 2 N–H and O–H groups in total. The molecule has 1 aromatic rings. The minimum Gasteiger partial charge on any atom is -0.359 e. The highest BCUT2D eigenvalue weighted by atomic mass is 35.5. The van der Waals surface area contributed by atoms with Gasteiger partial charge in [-0.05, 0) is 25.0 Å². The summed E-state index contributed by atoms with van der Waals surface area (Å²) in [5.74, 6) is -0.311. The van der Waals surface area contributed by atoms with Crippen LogP contribution in [0, 0.1) is 11.3 Å². The number of hydrogen-bond acceptors (Lipinski definition) is 3. The van der Waals surface area contributed by atoms with Gasteiger partial charge in [0, 0.05) is 12.2 Å². The number of hydrogen-bond donors (Lipinski definition) is 2. The number of nitriles is 1. The van der Waals surface area contributed by atoms with Crippen molar-refractivity contribution in [2.75, 3.05) is 5.32 Å². The number of nitrogens with one attached hydrogen (secondary N) is 2. The number of anilines is 1. The Morgan fingerprint density at radius 1 is 1.00 bits per heavy atom. The normalized spacial score (nSPS) is 17.9. The predicted octanol–water partition coefficient (Wildman–Crippen LogP) is 5.95. The summed E-state index contributed by atoms with van der Waals surface area (Å²) in [5, 5.41) is 15.9. The molecule has 1 fully saturated rings. The second kappa shape index (κ2) is 12.4. The number of nitrogens with zero attached hydrogens (tertiary/aromatic N) is 1. The van der Waals surface area contributed by atoms with Gasteiger partial charge < -0.3 is 10.6 Å². The lowest BCUT2D eigenvalue weighted by atomic mass is 9.98. The van der Waals surface area contributed by atoms with E-state index in [9.17, 15) is 10.1 Å². The zero-order valence-electron chi connectivity index (χ0n) is 16.0. The van der Waals surface area contributed by atoms with Crippen LogP contribution in [0.4, 0.5) is 5.69 Å². The molecule has 0 bridgehead atoms. The molecule has 1 aliphatic carbocycles. The highest BCUT2D eigenvalue weighted by Gasteiger charge is 2.16. The number of rotatable bonds is 4. The Kier molecular flexibility index (Phi) is 9.79. The van der Waals surface area contributed by atoms with Crippen molar-refractivity contribution in [3.63, 3.8) is 0 Å². The Hall–Kier alpha value is -1.99. The summed E-state index contributed by atoms with van der Waals surface area (Å²) in [7, 11) is 0. The summed E-state index contributed by atoms with van der Waals surface area (Å²) < 4.78 is 0. The Morgan fingerprint density at radius 2 is 1.56 bits per heavy atom. The van der Waals surface area contributed by atoms with Gasteiger partial charge in [-0.15, -0.1) is 0 Å². The zero-order valence-corrected chi connectivity index (χ0v) is 16.7. The first kappa shape index (κ1) is 21.3. The van der Waals surface area contributed by atoms with Crippen molar-refractivity contribution >= 4 is 23.2 Å². The van der Waals surface area contributed by atoms with E-state index < -0.39 is 0 Å². The molecule has 0 aromatic heterocycles. The summed E-state index contributed by atoms with van der Waals surface area (Å²) in [5.41, 5.74) is 0.742. The maximum absolute atomic E-state index is 12.5. The quantitative estimate of drug-likeness (QED) is 0.495. The van der Waals surface area contributed by atoms with Crippen molar-refractivity contribution in [3.05, 3.63) is 41.1 Å². The molecule has 0 atom stereocenters. The van der Waals surface area contributed by atoms with Crippen molar-refractivity contribution in [3.8, 4) is 6.07 Å². The fourth-order valence-electron chi connectivity index (χ4n) is 3.45. The Bertz CT molecular complexity index is 654. The number of carbonyl (C=O) groups excluding carboxylic acids is 1. The Morgan fingerprint density at radius 3 is 2.11 bits per heavy atom. The number of benzene rings is 1. The summed E-state index contributed by atoms with van der Waals surface area (Å²) in [4.78, 5) is 12.5. The van der Waals surface area contributed by atoms with Crippen LogP contribution in [0.25, 0.3) is 0 Å². The van der Waals surface area contributed by atoms with Crippen molar-refractivity contribution in [1.82, 2.24) is 5.32 Å². The van der Waals surface area contributed by atoms with Crippen molar-refractivity contribution < 1.29 is 4.79 Å². The SMILES string of the molecule is N#C/C(=C/Nc1ccccc1Cl)C(=O)NC1CCCCCCCCCCC1. The second-order valence-electron chi connectivity index (χ2n) is 7.22. The third kappa shape index (κ3) is 8.05. The molecule has 1 amide bonds. The van der Waals surface area contributed by atoms with Crippen LogP contribution >= 0.6 is 11.6 Å². The molecule has 0 spiro atoms. The standard InChI is InChI=1S/C22H30ClN3O/c23-20-14-10-11-15-21(20)25-17-18(16-24)22(27)26-19-12-8-6-4-2-1-3-5-7-9-13-19/h10-11,14-15,17,19,25H,1-9,12-13H2,(H,26,27)/b18-17-. The molecule has 1 saturated carbocycles. The molecule has 0 aliphatic heterocycles. The number of halogens is 1. The molecule has 27 heavy (non-hydrogen) atoms. The fourth-order valence-corrected chi connectivity index (χ4v) is 3.64. The average Bonchev–Trinajstić information content (AvgIpc) is 2.66. The number of carbonyl (C=O) groups is 1. The molecule has 1 aliphatic rings. The highest BCUT2D eigenvalue weighted by molar-refractivity contribution is 6.33. The lowest BCUT2D eigenvalue weighted by molar-refractivity contribution is -0.117. The predicted molar refractivity (Wildman–Crippen MR) is 111 cm³/mol. The molecule has 0 saturated heterocycles. The third-order valence-electron chi connectivity index (χ3n) is 5.05. The highest BCUT2D eigenvalue weighted by Crippen LogP contribution is 2.21. The van der Waals surface area contributed by atoms with Crippen LogP contribution in [0.1, 0.15) is 70.6 Å². The van der Waals surface area contributed by atoms with E-state index in [1.54, 1.807) is 12.1 Å². The fraction of sp³-hybridized carbons (Fsp3) is 0.545. The van der Waals surface area contributed by atoms with Crippen molar-refractivity contribution in [2.45, 2.75) is 76.7 Å². The molecular formula is C22H30ClN3O. The van der Waals surface area contributed by atoms with Crippen LogP contribution in [-0.4, -0.2) is 11.9 Å². The second-order valence-corrected chi connectivity index (χ2v) is 7.63. The summed E-state index contributed by atoms with van der Waals surface area (Å²) in [6, 6.07) is 9.38. The van der Waals surface area contributed by atoms with Crippen molar-refractivity contribution in [1.29, 1.82) is 5.26 Å². The van der Waals surface area contributed by atoms with E-state index in [1.807, 2.05) is 18.2 Å². The minimum atomic E-state index is -0.311. The zero-order chi connectivity index (χ0) is 19.3. The van der Waals surface area contributed by atoms with Gasteiger partial charge in [-0.3, -0.25) is 4.79 Å². The minimum absolute atomic E-state index is 0.0704. The molecule has 146 valence electrons. The smallest absolute Gasteiger partial charge is 0.263 e. The lowest BCUT2D eigenvalue weighted by Crippen LogP contribution is -2.35. The molecule has 0 radical (unpaired) electrons. The van der Waals surface area contributed by atoms with Crippen LogP contribution in [0.5, 0.6) is 0 Å². The first-order valence-electron chi connectivity index (χ1n) is 10.1. The monoisotopic (exact) mass is 387 g/mol. The molecule has 1 aromatic carbocycles. The van der Waals surface area contributed by atoms with Gasteiger partial charge in [-0.2, -0.15) is 5.26 Å². The molecule has 0 heterocycles. The van der Waals surface area contributed by atoms with Gasteiger partial charge in [-0.25, -0.2) is 0 Å². The van der Waals surface area contributed by atoms with Crippen LogP contribution in [-0.2, 0) is 4.79 Å². The average molecular weight is 388 g/mol. The van der Waals surface area contributed by atoms with Gasteiger partial charge in [0.1, 0.15) is 11.6 Å². The van der Waals surface area contributed by atoms with Crippen LogP contribution < -0.4 is 10.6 Å².